The minimum absolute atomic E-state index is 0.229. The van der Waals surface area contributed by atoms with Crippen molar-refractivity contribution in [3.05, 3.63) is 34.9 Å². The lowest BCUT2D eigenvalue weighted by Gasteiger charge is -2.18. The van der Waals surface area contributed by atoms with Gasteiger partial charge in [-0.3, -0.25) is 9.88 Å². The lowest BCUT2D eigenvalue weighted by molar-refractivity contribution is -0.143. The highest BCUT2D eigenvalue weighted by atomic mass is 79.9. The molecule has 2 heterocycles. The Morgan fingerprint density at radius 2 is 2.13 bits per heavy atom. The molecule has 0 saturated carbocycles. The smallest absolute Gasteiger partial charge is 0.384 e. The molecule has 1 aromatic heterocycles. The summed E-state index contributed by atoms with van der Waals surface area (Å²) < 4.78 is 38.2. The van der Waals surface area contributed by atoms with Crippen molar-refractivity contribution in [3.63, 3.8) is 0 Å². The van der Waals surface area contributed by atoms with Crippen LogP contribution in [0.1, 0.15) is 6.42 Å². The molecule has 1 N–H and O–H groups in total. The number of fused-ring (bicyclic) bond motifs is 1. The quantitative estimate of drug-likeness (QED) is 0.847. The lowest BCUT2D eigenvalue weighted by atomic mass is 10.1. The van der Waals surface area contributed by atoms with Gasteiger partial charge in [-0.05, 0) is 46.9 Å². The summed E-state index contributed by atoms with van der Waals surface area (Å²) >= 11 is 3.48. The second-order valence-electron chi connectivity index (χ2n) is 5.88. The molecule has 0 spiro atoms. The molecule has 1 aliphatic heterocycles. The van der Waals surface area contributed by atoms with Crippen molar-refractivity contribution in [2.24, 2.45) is 5.92 Å². The first-order chi connectivity index (χ1) is 10.9. The monoisotopic (exact) mass is 387 g/mol. The van der Waals surface area contributed by atoms with E-state index in [9.17, 15) is 13.2 Å². The van der Waals surface area contributed by atoms with Crippen molar-refractivity contribution in [2.75, 3.05) is 31.5 Å². The molecule has 0 amide bonds. The molecule has 0 bridgehead atoms. The van der Waals surface area contributed by atoms with Crippen LogP contribution in [0, 0.1) is 5.92 Å². The van der Waals surface area contributed by atoms with E-state index in [1.165, 1.54) is 4.90 Å². The number of alkyl halides is 3. The molecule has 7 heteroatoms. The highest BCUT2D eigenvalue weighted by Crippen LogP contribution is 2.28. The lowest BCUT2D eigenvalue weighted by Crippen LogP contribution is -2.33. The third-order valence-electron chi connectivity index (χ3n) is 4.08. The average molecular weight is 388 g/mol. The predicted octanol–water partition coefficient (Wildman–Crippen LogP) is 4.29. The first-order valence-electron chi connectivity index (χ1n) is 7.48. The zero-order chi connectivity index (χ0) is 16.4. The van der Waals surface area contributed by atoms with Gasteiger partial charge >= 0.3 is 6.18 Å². The van der Waals surface area contributed by atoms with Crippen LogP contribution < -0.4 is 5.32 Å². The Bertz CT molecular complexity index is 690. The number of nitrogens with one attached hydrogen (secondary N) is 1. The number of nitrogens with zero attached hydrogens (tertiary/aromatic N) is 2. The molecule has 0 aliphatic carbocycles. The van der Waals surface area contributed by atoms with Crippen LogP contribution >= 0.6 is 15.9 Å². The molecule has 1 aromatic carbocycles. The summed E-state index contributed by atoms with van der Waals surface area (Å²) in [5, 5.41) is 4.38. The van der Waals surface area contributed by atoms with Crippen LogP contribution in [0.3, 0.4) is 0 Å². The summed E-state index contributed by atoms with van der Waals surface area (Å²) in [6, 6.07) is 7.77. The van der Waals surface area contributed by atoms with Gasteiger partial charge in [0.2, 0.25) is 0 Å². The molecular formula is C16H17BrF3N3. The summed E-state index contributed by atoms with van der Waals surface area (Å²) in [5.74, 6) is 0.229. The van der Waals surface area contributed by atoms with Gasteiger partial charge in [0.25, 0.3) is 0 Å². The van der Waals surface area contributed by atoms with Crippen LogP contribution in [0.15, 0.2) is 34.9 Å². The number of hydrogen-bond acceptors (Lipinski definition) is 3. The van der Waals surface area contributed by atoms with E-state index in [0.29, 0.717) is 19.6 Å². The highest BCUT2D eigenvalue weighted by molar-refractivity contribution is 9.10. The van der Waals surface area contributed by atoms with Gasteiger partial charge in [-0.15, -0.1) is 0 Å². The van der Waals surface area contributed by atoms with Crippen LogP contribution in [-0.4, -0.2) is 42.2 Å². The summed E-state index contributed by atoms with van der Waals surface area (Å²) in [7, 11) is 0. The Labute approximate surface area is 141 Å². The topological polar surface area (TPSA) is 28.2 Å². The molecule has 1 fully saturated rings. The number of likely N-dealkylation sites (tertiary alicyclic amines) is 1. The summed E-state index contributed by atoms with van der Waals surface area (Å²) in [6.07, 6.45) is -1.59. The molecule has 1 unspecified atom stereocenters. The van der Waals surface area contributed by atoms with Crippen LogP contribution in [0.2, 0.25) is 0 Å². The fraction of sp³-hybridized carbons (Fsp3) is 0.438. The molecule has 23 heavy (non-hydrogen) atoms. The number of rotatable bonds is 4. The van der Waals surface area contributed by atoms with Gasteiger partial charge in [0, 0.05) is 34.8 Å². The van der Waals surface area contributed by atoms with Gasteiger partial charge in [0.15, 0.2) is 0 Å². The Morgan fingerprint density at radius 1 is 1.30 bits per heavy atom. The number of aromatic nitrogens is 1. The van der Waals surface area contributed by atoms with E-state index in [0.717, 1.165) is 27.5 Å². The Hall–Kier alpha value is -1.34. The van der Waals surface area contributed by atoms with Crippen LogP contribution in [0.25, 0.3) is 10.9 Å². The van der Waals surface area contributed by atoms with Gasteiger partial charge in [-0.25, -0.2) is 0 Å². The van der Waals surface area contributed by atoms with Gasteiger partial charge in [-0.1, -0.05) is 12.1 Å². The predicted molar refractivity (Wildman–Crippen MR) is 88.5 cm³/mol. The van der Waals surface area contributed by atoms with E-state index in [-0.39, 0.29) is 5.92 Å². The maximum Gasteiger partial charge on any atom is 0.401 e. The van der Waals surface area contributed by atoms with E-state index < -0.39 is 12.7 Å². The Kier molecular flexibility index (Phi) is 4.77. The average Bonchev–Trinajstić information content (AvgIpc) is 2.91. The molecule has 2 aromatic rings. The third kappa shape index (κ3) is 4.14. The number of hydrogen-bond donors (Lipinski definition) is 1. The number of benzene rings is 1. The SMILES string of the molecule is FC(F)(F)CN1CCC(CNc2ccnc3c(Br)cccc23)C1. The maximum absolute atomic E-state index is 12.4. The summed E-state index contributed by atoms with van der Waals surface area (Å²) in [4.78, 5) is 5.83. The number of para-hydroxylation sites is 1. The van der Waals surface area contributed by atoms with Gasteiger partial charge in [-0.2, -0.15) is 13.2 Å². The normalized spacial score (nSPS) is 19.4. The summed E-state index contributed by atoms with van der Waals surface area (Å²) in [6.45, 7) is 0.850. The van der Waals surface area contributed by atoms with Crippen molar-refractivity contribution in [1.29, 1.82) is 0 Å². The minimum Gasteiger partial charge on any atom is -0.384 e. The number of pyridine rings is 1. The Balaban J connectivity index is 1.63. The zero-order valence-electron chi connectivity index (χ0n) is 12.4. The van der Waals surface area contributed by atoms with E-state index in [4.69, 9.17) is 0 Å². The second kappa shape index (κ2) is 6.65. The van der Waals surface area contributed by atoms with E-state index in [2.05, 4.69) is 26.2 Å². The summed E-state index contributed by atoms with van der Waals surface area (Å²) in [5.41, 5.74) is 1.84. The maximum atomic E-state index is 12.4. The van der Waals surface area contributed by atoms with Crippen molar-refractivity contribution in [2.45, 2.75) is 12.6 Å². The van der Waals surface area contributed by atoms with Crippen LogP contribution in [0.5, 0.6) is 0 Å². The molecule has 3 rings (SSSR count). The highest BCUT2D eigenvalue weighted by Gasteiger charge is 2.34. The first kappa shape index (κ1) is 16.5. The molecule has 0 radical (unpaired) electrons. The van der Waals surface area contributed by atoms with Gasteiger partial charge < -0.3 is 5.32 Å². The van der Waals surface area contributed by atoms with Crippen LogP contribution in [0.4, 0.5) is 18.9 Å². The Morgan fingerprint density at radius 3 is 2.91 bits per heavy atom. The van der Waals surface area contributed by atoms with Crippen molar-refractivity contribution in [1.82, 2.24) is 9.88 Å². The van der Waals surface area contributed by atoms with E-state index in [1.807, 2.05) is 24.3 Å². The van der Waals surface area contributed by atoms with Crippen molar-refractivity contribution >= 4 is 32.5 Å². The molecular weight excluding hydrogens is 371 g/mol. The third-order valence-corrected chi connectivity index (χ3v) is 4.72. The fourth-order valence-electron chi connectivity index (χ4n) is 3.03. The zero-order valence-corrected chi connectivity index (χ0v) is 14.0. The van der Waals surface area contributed by atoms with Crippen molar-refractivity contribution in [3.8, 4) is 0 Å². The van der Waals surface area contributed by atoms with Crippen molar-refractivity contribution < 1.29 is 13.2 Å². The second-order valence-corrected chi connectivity index (χ2v) is 6.73. The standard InChI is InChI=1S/C16H17BrF3N3/c17-13-3-1-2-12-14(4-6-21-15(12)13)22-8-11-5-7-23(9-11)10-16(18,19)20/h1-4,6,11H,5,7-10H2,(H,21,22). The molecule has 1 atom stereocenters. The van der Waals surface area contributed by atoms with E-state index >= 15 is 0 Å². The van der Waals surface area contributed by atoms with Crippen LogP contribution in [-0.2, 0) is 0 Å². The minimum atomic E-state index is -4.12. The largest absolute Gasteiger partial charge is 0.401 e. The van der Waals surface area contributed by atoms with E-state index in [1.54, 1.807) is 6.20 Å². The number of anilines is 1. The van der Waals surface area contributed by atoms with Gasteiger partial charge in [0.1, 0.15) is 0 Å². The number of halogens is 4. The molecule has 1 aliphatic rings. The molecule has 3 nitrogen and oxygen atoms in total. The molecule has 124 valence electrons. The fourth-order valence-corrected chi connectivity index (χ4v) is 3.49. The first-order valence-corrected chi connectivity index (χ1v) is 8.28. The van der Waals surface area contributed by atoms with Gasteiger partial charge in [0.05, 0.1) is 12.1 Å². The molecule has 1 saturated heterocycles.